The molecule has 76 valence electrons. The maximum absolute atomic E-state index is 10.4. The maximum Gasteiger partial charge on any atom is 0.287 e. The highest BCUT2D eigenvalue weighted by Gasteiger charge is 2.13. The molecule has 0 aliphatic heterocycles. The Morgan fingerprint density at radius 2 is 2.14 bits per heavy atom. The second-order valence-corrected chi connectivity index (χ2v) is 3.35. The van der Waals surface area contributed by atoms with E-state index < -0.39 is 4.92 Å². The molecule has 0 fully saturated rings. The number of hydrogen-bond donors (Lipinski definition) is 1. The van der Waals surface area contributed by atoms with Gasteiger partial charge in [0.05, 0.1) is 4.92 Å². The van der Waals surface area contributed by atoms with Crippen molar-refractivity contribution in [1.29, 1.82) is 0 Å². The number of pyridine rings is 1. The van der Waals surface area contributed by atoms with Crippen LogP contribution in [0.1, 0.15) is 25.5 Å². The summed E-state index contributed by atoms with van der Waals surface area (Å²) in [6, 6.07) is 3.08. The lowest BCUT2D eigenvalue weighted by Gasteiger charge is -2.13. The predicted molar refractivity (Wildman–Crippen MR) is 53.0 cm³/mol. The standard InChI is InChI=1S/C9H13N3O2/c1-6(7(2)10)9-4-3-8(5-11-9)12(13)14/h3-7H,10H2,1-2H3. The van der Waals surface area contributed by atoms with Gasteiger partial charge < -0.3 is 5.73 Å². The summed E-state index contributed by atoms with van der Waals surface area (Å²) in [4.78, 5) is 13.9. The van der Waals surface area contributed by atoms with E-state index in [1.165, 1.54) is 12.3 Å². The number of aromatic nitrogens is 1. The SMILES string of the molecule is CC(N)C(C)c1ccc([N+](=O)[O-])cn1. The van der Waals surface area contributed by atoms with E-state index in [0.717, 1.165) is 5.69 Å². The average molecular weight is 195 g/mol. The molecule has 0 radical (unpaired) electrons. The number of nitrogens with zero attached hydrogens (tertiary/aromatic N) is 2. The van der Waals surface area contributed by atoms with Crippen molar-refractivity contribution < 1.29 is 4.92 Å². The number of nitrogens with two attached hydrogens (primary N) is 1. The van der Waals surface area contributed by atoms with Crippen LogP contribution in [-0.4, -0.2) is 15.9 Å². The third-order valence-corrected chi connectivity index (χ3v) is 2.24. The summed E-state index contributed by atoms with van der Waals surface area (Å²) < 4.78 is 0. The second kappa shape index (κ2) is 4.15. The van der Waals surface area contributed by atoms with Gasteiger partial charge in [-0.1, -0.05) is 6.92 Å². The van der Waals surface area contributed by atoms with Crippen molar-refractivity contribution in [2.45, 2.75) is 25.8 Å². The van der Waals surface area contributed by atoms with E-state index in [0.29, 0.717) is 0 Å². The highest BCUT2D eigenvalue weighted by molar-refractivity contribution is 5.28. The van der Waals surface area contributed by atoms with Crippen molar-refractivity contribution >= 4 is 5.69 Å². The largest absolute Gasteiger partial charge is 0.327 e. The van der Waals surface area contributed by atoms with E-state index in [4.69, 9.17) is 5.73 Å². The first-order valence-electron chi connectivity index (χ1n) is 4.38. The van der Waals surface area contributed by atoms with Crippen molar-refractivity contribution in [2.24, 2.45) is 5.73 Å². The van der Waals surface area contributed by atoms with Gasteiger partial charge in [-0.3, -0.25) is 15.1 Å². The highest BCUT2D eigenvalue weighted by atomic mass is 16.6. The fourth-order valence-corrected chi connectivity index (χ4v) is 1.04. The Hall–Kier alpha value is -1.49. The molecule has 0 aliphatic rings. The van der Waals surface area contributed by atoms with Gasteiger partial charge in [0, 0.05) is 23.7 Å². The van der Waals surface area contributed by atoms with Crippen LogP contribution < -0.4 is 5.73 Å². The van der Waals surface area contributed by atoms with E-state index >= 15 is 0 Å². The summed E-state index contributed by atoms with van der Waals surface area (Å²) in [7, 11) is 0. The summed E-state index contributed by atoms with van der Waals surface area (Å²) in [5.41, 5.74) is 6.48. The Morgan fingerprint density at radius 3 is 2.50 bits per heavy atom. The molecule has 1 aromatic heterocycles. The van der Waals surface area contributed by atoms with Gasteiger partial charge >= 0.3 is 0 Å². The Labute approximate surface area is 82.1 Å². The van der Waals surface area contributed by atoms with Crippen molar-refractivity contribution in [3.05, 3.63) is 34.1 Å². The van der Waals surface area contributed by atoms with E-state index in [1.54, 1.807) is 6.07 Å². The summed E-state index contributed by atoms with van der Waals surface area (Å²) in [6.07, 6.45) is 1.26. The number of hydrogen-bond acceptors (Lipinski definition) is 4. The Morgan fingerprint density at radius 1 is 1.50 bits per heavy atom. The van der Waals surface area contributed by atoms with Gasteiger partial charge in [0.2, 0.25) is 0 Å². The van der Waals surface area contributed by atoms with Crippen LogP contribution in [0, 0.1) is 10.1 Å². The fourth-order valence-electron chi connectivity index (χ4n) is 1.04. The molecular formula is C9H13N3O2. The van der Waals surface area contributed by atoms with Crippen LogP contribution in [0.15, 0.2) is 18.3 Å². The fraction of sp³-hybridized carbons (Fsp3) is 0.444. The van der Waals surface area contributed by atoms with E-state index in [9.17, 15) is 10.1 Å². The minimum Gasteiger partial charge on any atom is -0.327 e. The summed E-state index contributed by atoms with van der Waals surface area (Å²) in [5.74, 6) is 0.107. The van der Waals surface area contributed by atoms with E-state index in [1.807, 2.05) is 13.8 Å². The van der Waals surface area contributed by atoms with Crippen molar-refractivity contribution in [3.8, 4) is 0 Å². The first kappa shape index (κ1) is 10.6. The highest BCUT2D eigenvalue weighted by Crippen LogP contribution is 2.17. The third-order valence-electron chi connectivity index (χ3n) is 2.24. The quantitative estimate of drug-likeness (QED) is 0.584. The van der Waals surface area contributed by atoms with Crippen LogP contribution in [0.2, 0.25) is 0 Å². The average Bonchev–Trinajstić information content (AvgIpc) is 2.16. The second-order valence-electron chi connectivity index (χ2n) is 3.35. The zero-order valence-electron chi connectivity index (χ0n) is 8.18. The number of rotatable bonds is 3. The van der Waals surface area contributed by atoms with E-state index in [-0.39, 0.29) is 17.6 Å². The van der Waals surface area contributed by atoms with Gasteiger partial charge in [0.15, 0.2) is 0 Å². The lowest BCUT2D eigenvalue weighted by atomic mass is 10.00. The topological polar surface area (TPSA) is 82.0 Å². The molecule has 2 atom stereocenters. The molecule has 14 heavy (non-hydrogen) atoms. The molecule has 0 spiro atoms. The van der Waals surface area contributed by atoms with Gasteiger partial charge in [-0.15, -0.1) is 0 Å². The van der Waals surface area contributed by atoms with Gasteiger partial charge in [0.25, 0.3) is 5.69 Å². The van der Waals surface area contributed by atoms with Crippen LogP contribution >= 0.6 is 0 Å². The summed E-state index contributed by atoms with van der Waals surface area (Å²) in [6.45, 7) is 3.83. The smallest absolute Gasteiger partial charge is 0.287 e. The van der Waals surface area contributed by atoms with Gasteiger partial charge in [-0.05, 0) is 13.0 Å². The molecule has 5 heteroatoms. The lowest BCUT2D eigenvalue weighted by molar-refractivity contribution is -0.385. The minimum absolute atomic E-state index is 0.00521. The van der Waals surface area contributed by atoms with E-state index in [2.05, 4.69) is 4.98 Å². The summed E-state index contributed by atoms with van der Waals surface area (Å²) >= 11 is 0. The zero-order chi connectivity index (χ0) is 10.7. The first-order chi connectivity index (χ1) is 6.52. The molecular weight excluding hydrogens is 182 g/mol. The zero-order valence-corrected chi connectivity index (χ0v) is 8.18. The van der Waals surface area contributed by atoms with Crippen LogP contribution in [0.25, 0.3) is 0 Å². The van der Waals surface area contributed by atoms with Crippen molar-refractivity contribution in [3.63, 3.8) is 0 Å². The predicted octanol–water partition coefficient (Wildman–Crippen LogP) is 1.44. The van der Waals surface area contributed by atoms with Crippen LogP contribution in [0.3, 0.4) is 0 Å². The number of nitro groups is 1. The molecule has 0 aromatic carbocycles. The molecule has 1 rings (SSSR count). The van der Waals surface area contributed by atoms with Gasteiger partial charge in [0.1, 0.15) is 6.20 Å². The Bertz CT molecular complexity index is 321. The molecule has 0 bridgehead atoms. The molecule has 5 nitrogen and oxygen atoms in total. The Balaban J connectivity index is 2.88. The van der Waals surface area contributed by atoms with Gasteiger partial charge in [-0.25, -0.2) is 0 Å². The maximum atomic E-state index is 10.4. The monoisotopic (exact) mass is 195 g/mol. The van der Waals surface area contributed by atoms with Crippen molar-refractivity contribution in [2.75, 3.05) is 0 Å². The molecule has 0 saturated carbocycles. The molecule has 0 aliphatic carbocycles. The Kier molecular flexibility index (Phi) is 3.14. The summed E-state index contributed by atoms with van der Waals surface area (Å²) in [5, 5.41) is 10.4. The molecule has 0 amide bonds. The molecule has 0 saturated heterocycles. The van der Waals surface area contributed by atoms with Gasteiger partial charge in [-0.2, -0.15) is 0 Å². The minimum atomic E-state index is -0.465. The molecule has 1 heterocycles. The molecule has 2 unspecified atom stereocenters. The molecule has 2 N–H and O–H groups in total. The van der Waals surface area contributed by atoms with Crippen molar-refractivity contribution in [1.82, 2.24) is 4.98 Å². The normalized spacial score (nSPS) is 14.8. The lowest BCUT2D eigenvalue weighted by Crippen LogP contribution is -2.23. The van der Waals surface area contributed by atoms with Crippen LogP contribution in [0.4, 0.5) is 5.69 Å². The molecule has 1 aromatic rings. The first-order valence-corrected chi connectivity index (χ1v) is 4.38. The third kappa shape index (κ3) is 2.26. The van der Waals surface area contributed by atoms with Crippen LogP contribution in [-0.2, 0) is 0 Å². The van der Waals surface area contributed by atoms with Crippen LogP contribution in [0.5, 0.6) is 0 Å².